The molecular formula is C10H11N3OS. The number of hydrogen-bond acceptors (Lipinski definition) is 5. The lowest BCUT2D eigenvalue weighted by molar-refractivity contribution is -0.102. The second-order valence-corrected chi connectivity index (χ2v) is 3.36. The number of aliphatic imine (C=N–C) groups is 1. The quantitative estimate of drug-likeness (QED) is 0.334. The summed E-state index contributed by atoms with van der Waals surface area (Å²) in [6, 6.07) is 0. The second-order valence-electron chi connectivity index (χ2n) is 2.59. The van der Waals surface area contributed by atoms with Crippen LogP contribution in [-0.4, -0.2) is 35.3 Å². The molecule has 1 rings (SSSR count). The van der Waals surface area contributed by atoms with Crippen LogP contribution in [0.3, 0.4) is 0 Å². The van der Waals surface area contributed by atoms with E-state index in [-0.39, 0.29) is 0 Å². The van der Waals surface area contributed by atoms with Crippen LogP contribution in [0.25, 0.3) is 6.08 Å². The topological polar surface area (TPSA) is 55.2 Å². The van der Waals surface area contributed by atoms with Crippen molar-refractivity contribution in [2.75, 3.05) is 13.3 Å². The molecule has 15 heavy (non-hydrogen) atoms. The summed E-state index contributed by atoms with van der Waals surface area (Å²) in [5.74, 6) is 0. The molecule has 0 aromatic carbocycles. The van der Waals surface area contributed by atoms with Gasteiger partial charge in [-0.3, -0.25) is 9.79 Å². The lowest BCUT2D eigenvalue weighted by Gasteiger charge is -2.04. The Labute approximate surface area is 92.6 Å². The molecule has 0 unspecified atom stereocenters. The molecule has 0 amide bonds. The zero-order chi connectivity index (χ0) is 11.3. The highest BCUT2D eigenvalue weighted by molar-refractivity contribution is 7.98. The first-order chi connectivity index (χ1) is 7.26. The van der Waals surface area contributed by atoms with E-state index in [9.17, 15) is 4.79 Å². The molecule has 4 nitrogen and oxygen atoms in total. The van der Waals surface area contributed by atoms with Crippen molar-refractivity contribution in [3.05, 3.63) is 24.0 Å². The van der Waals surface area contributed by atoms with E-state index >= 15 is 0 Å². The summed E-state index contributed by atoms with van der Waals surface area (Å²) in [4.78, 5) is 22.9. The summed E-state index contributed by atoms with van der Waals surface area (Å²) in [6.45, 7) is 3.65. The number of carbonyl (C=O) groups excluding carboxylic acids is 1. The van der Waals surface area contributed by atoms with Gasteiger partial charge in [-0.25, -0.2) is 9.97 Å². The Morgan fingerprint density at radius 3 is 2.87 bits per heavy atom. The van der Waals surface area contributed by atoms with E-state index in [4.69, 9.17) is 0 Å². The lowest BCUT2D eigenvalue weighted by atomic mass is 10.1. The third-order valence-electron chi connectivity index (χ3n) is 1.80. The van der Waals surface area contributed by atoms with Crippen molar-refractivity contribution in [3.63, 3.8) is 0 Å². The summed E-state index contributed by atoms with van der Waals surface area (Å²) in [6.07, 6.45) is 5.75. The average Bonchev–Trinajstić information content (AvgIpc) is 2.31. The Bertz CT molecular complexity index is 415. The molecule has 1 heterocycles. The van der Waals surface area contributed by atoms with Gasteiger partial charge in [0.25, 0.3) is 0 Å². The van der Waals surface area contributed by atoms with E-state index in [2.05, 4.69) is 21.5 Å². The van der Waals surface area contributed by atoms with Crippen molar-refractivity contribution >= 4 is 29.8 Å². The van der Waals surface area contributed by atoms with Crippen LogP contribution in [0.5, 0.6) is 0 Å². The van der Waals surface area contributed by atoms with E-state index in [1.165, 1.54) is 11.8 Å². The molecule has 0 spiro atoms. The van der Waals surface area contributed by atoms with Crippen molar-refractivity contribution in [1.29, 1.82) is 0 Å². The first-order valence-corrected chi connectivity index (χ1v) is 5.45. The minimum absolute atomic E-state index is 0.331. The van der Waals surface area contributed by atoms with Gasteiger partial charge >= 0.3 is 0 Å². The molecule has 0 aliphatic rings. The Hall–Kier alpha value is -1.49. The van der Waals surface area contributed by atoms with Crippen molar-refractivity contribution < 1.29 is 4.79 Å². The molecule has 0 aliphatic heterocycles. The largest absolute Gasteiger partial charge is 0.296 e. The molecule has 0 saturated carbocycles. The van der Waals surface area contributed by atoms with E-state index < -0.39 is 0 Å². The van der Waals surface area contributed by atoms with Crippen molar-refractivity contribution in [1.82, 2.24) is 9.97 Å². The maximum atomic E-state index is 10.7. The Balaban J connectivity index is 3.30. The summed E-state index contributed by atoms with van der Waals surface area (Å²) >= 11 is 1.44. The molecule has 0 atom stereocenters. The molecule has 0 N–H and O–H groups in total. The maximum Gasteiger partial charge on any atom is 0.187 e. The summed E-state index contributed by atoms with van der Waals surface area (Å²) in [5.41, 5.74) is 1.57. The number of nitrogens with zero attached hydrogens (tertiary/aromatic N) is 3. The van der Waals surface area contributed by atoms with Crippen LogP contribution >= 0.6 is 11.8 Å². The molecule has 78 valence electrons. The fraction of sp³-hybridized carbons (Fsp3) is 0.200. The molecule has 1 aromatic heterocycles. The normalized spacial score (nSPS) is 11.2. The number of carbonyl (C=O) groups is 1. The number of aromatic nitrogens is 2. The van der Waals surface area contributed by atoms with Crippen LogP contribution < -0.4 is 0 Å². The number of rotatable bonds is 4. The van der Waals surface area contributed by atoms with Crippen LogP contribution in [0.4, 0.5) is 0 Å². The van der Waals surface area contributed by atoms with Gasteiger partial charge in [0, 0.05) is 18.8 Å². The monoisotopic (exact) mass is 221 g/mol. The molecular weight excluding hydrogens is 210 g/mol. The minimum atomic E-state index is 0.331. The predicted molar refractivity (Wildman–Crippen MR) is 62.4 cm³/mol. The van der Waals surface area contributed by atoms with Crippen molar-refractivity contribution in [2.24, 2.45) is 4.99 Å². The zero-order valence-corrected chi connectivity index (χ0v) is 9.41. The highest BCUT2D eigenvalue weighted by Gasteiger charge is 2.09. The summed E-state index contributed by atoms with van der Waals surface area (Å²) in [7, 11) is 1.55. The predicted octanol–water partition coefficient (Wildman–Crippen LogP) is 1.46. The molecule has 0 bridgehead atoms. The molecule has 0 fully saturated rings. The van der Waals surface area contributed by atoms with Gasteiger partial charge in [-0.05, 0) is 12.3 Å². The van der Waals surface area contributed by atoms with E-state index in [1.54, 1.807) is 19.3 Å². The van der Waals surface area contributed by atoms with Gasteiger partial charge in [0.2, 0.25) is 0 Å². The molecule has 0 aliphatic carbocycles. The summed E-state index contributed by atoms with van der Waals surface area (Å²) < 4.78 is 0. The van der Waals surface area contributed by atoms with Gasteiger partial charge in [-0.1, -0.05) is 18.3 Å². The SMILES string of the molecule is C=Cc1nc(SC)ncc1C(C=O)=NC. The Morgan fingerprint density at radius 1 is 1.67 bits per heavy atom. The zero-order valence-electron chi connectivity index (χ0n) is 8.60. The lowest BCUT2D eigenvalue weighted by Crippen LogP contribution is -2.07. The summed E-state index contributed by atoms with van der Waals surface area (Å²) in [5, 5.41) is 0.648. The fourth-order valence-electron chi connectivity index (χ4n) is 1.07. The average molecular weight is 221 g/mol. The van der Waals surface area contributed by atoms with Gasteiger partial charge < -0.3 is 0 Å². The van der Waals surface area contributed by atoms with Crippen LogP contribution in [0.1, 0.15) is 11.3 Å². The maximum absolute atomic E-state index is 10.7. The number of hydrogen-bond donors (Lipinski definition) is 0. The van der Waals surface area contributed by atoms with Gasteiger partial charge in [0.1, 0.15) is 5.71 Å². The number of thioether (sulfide) groups is 1. The molecule has 0 saturated heterocycles. The third-order valence-corrected chi connectivity index (χ3v) is 2.36. The second kappa shape index (κ2) is 5.41. The number of aldehydes is 1. The smallest absolute Gasteiger partial charge is 0.187 e. The highest BCUT2D eigenvalue weighted by Crippen LogP contribution is 2.13. The molecule has 1 aromatic rings. The first kappa shape index (κ1) is 11.6. The van der Waals surface area contributed by atoms with Crippen molar-refractivity contribution in [2.45, 2.75) is 5.16 Å². The Morgan fingerprint density at radius 2 is 2.40 bits per heavy atom. The van der Waals surface area contributed by atoms with Crippen LogP contribution in [0.2, 0.25) is 0 Å². The first-order valence-electron chi connectivity index (χ1n) is 4.22. The van der Waals surface area contributed by atoms with E-state index in [0.29, 0.717) is 28.4 Å². The van der Waals surface area contributed by atoms with Crippen LogP contribution in [0.15, 0.2) is 22.9 Å². The standard InChI is InChI=1S/C10H11N3OS/c1-4-8-7(9(6-14)11-2)5-12-10(13-8)15-3/h4-6H,1H2,2-3H3. The van der Waals surface area contributed by atoms with Gasteiger partial charge in [0.15, 0.2) is 11.4 Å². The Kier molecular flexibility index (Phi) is 4.17. The minimum Gasteiger partial charge on any atom is -0.296 e. The molecule has 0 radical (unpaired) electrons. The van der Waals surface area contributed by atoms with Gasteiger partial charge in [-0.15, -0.1) is 0 Å². The van der Waals surface area contributed by atoms with E-state index in [0.717, 1.165) is 0 Å². The van der Waals surface area contributed by atoms with Gasteiger partial charge in [0.05, 0.1) is 5.69 Å². The third kappa shape index (κ3) is 2.50. The highest BCUT2D eigenvalue weighted by atomic mass is 32.2. The van der Waals surface area contributed by atoms with Gasteiger partial charge in [-0.2, -0.15) is 0 Å². The molecule has 5 heteroatoms. The van der Waals surface area contributed by atoms with Crippen LogP contribution in [-0.2, 0) is 4.79 Å². The van der Waals surface area contributed by atoms with E-state index in [1.807, 2.05) is 6.26 Å². The van der Waals surface area contributed by atoms with Crippen LogP contribution in [0, 0.1) is 0 Å². The van der Waals surface area contributed by atoms with Crippen molar-refractivity contribution in [3.8, 4) is 0 Å². The fourth-order valence-corrected chi connectivity index (χ4v) is 1.41.